The predicted molar refractivity (Wildman–Crippen MR) is 104 cm³/mol. The summed E-state index contributed by atoms with van der Waals surface area (Å²) in [6.45, 7) is 0. The van der Waals surface area contributed by atoms with E-state index in [-0.39, 0.29) is 5.78 Å². The van der Waals surface area contributed by atoms with Gasteiger partial charge in [-0.2, -0.15) is 0 Å². The molecule has 2 aromatic carbocycles. The smallest absolute Gasteiger partial charge is 0.277 e. The Hall–Kier alpha value is -2.60. The van der Waals surface area contributed by atoms with Gasteiger partial charge in [0.15, 0.2) is 5.78 Å². The molecule has 0 aliphatic heterocycles. The van der Waals surface area contributed by atoms with Crippen LogP contribution in [0.4, 0.5) is 0 Å². The fourth-order valence-corrected chi connectivity index (χ4v) is 3.92. The Morgan fingerprint density at radius 2 is 1.93 bits per heavy atom. The van der Waals surface area contributed by atoms with E-state index in [9.17, 15) is 4.79 Å². The number of ether oxygens (including phenoxy) is 1. The third-order valence-electron chi connectivity index (χ3n) is 4.71. The number of hydrogen-bond acceptors (Lipinski definition) is 6. The number of aromatic nitrogens is 2. The number of rotatable bonds is 7. The van der Waals surface area contributed by atoms with Gasteiger partial charge in [0.25, 0.3) is 5.22 Å². The van der Waals surface area contributed by atoms with Gasteiger partial charge in [-0.05, 0) is 54.2 Å². The van der Waals surface area contributed by atoms with Crippen molar-refractivity contribution in [3.8, 4) is 5.75 Å². The number of ketones is 1. The van der Waals surface area contributed by atoms with E-state index in [0.29, 0.717) is 23.3 Å². The molecule has 0 N–H and O–H groups in total. The van der Waals surface area contributed by atoms with E-state index in [2.05, 4.69) is 16.3 Å². The number of carbonyl (C=O) groups excluding carboxylic acids is 1. The van der Waals surface area contributed by atoms with Crippen LogP contribution in [0.15, 0.2) is 52.1 Å². The molecular formula is C21H20N2O3S. The van der Waals surface area contributed by atoms with Gasteiger partial charge in [-0.3, -0.25) is 4.79 Å². The lowest BCUT2D eigenvalue weighted by Gasteiger charge is -2.03. The standard InChI is InChI=1S/C21H20N2O3S/c1-25-18-9-5-14(6-10-18)11-20-22-23-21(26-20)27-13-19(24)17-8-7-15-3-2-4-16(15)12-17/h5-10,12H,2-4,11,13H2,1H3. The molecule has 0 unspecified atom stereocenters. The fourth-order valence-electron chi connectivity index (χ4n) is 3.24. The Bertz CT molecular complexity index is 950. The molecule has 27 heavy (non-hydrogen) atoms. The Morgan fingerprint density at radius 3 is 2.74 bits per heavy atom. The summed E-state index contributed by atoms with van der Waals surface area (Å²) in [6, 6.07) is 13.8. The minimum absolute atomic E-state index is 0.0876. The summed E-state index contributed by atoms with van der Waals surface area (Å²) in [7, 11) is 1.64. The fraction of sp³-hybridized carbons (Fsp3) is 0.286. The van der Waals surface area contributed by atoms with Crippen molar-refractivity contribution in [3.63, 3.8) is 0 Å². The molecule has 1 heterocycles. The number of Topliss-reactive ketones (excluding diaryl/α,β-unsaturated/α-hetero) is 1. The van der Waals surface area contributed by atoms with Crippen LogP contribution in [0.5, 0.6) is 5.75 Å². The maximum Gasteiger partial charge on any atom is 0.277 e. The number of benzene rings is 2. The molecule has 0 atom stereocenters. The van der Waals surface area contributed by atoms with Gasteiger partial charge >= 0.3 is 0 Å². The first-order valence-corrected chi connectivity index (χ1v) is 9.93. The molecule has 0 radical (unpaired) electrons. The van der Waals surface area contributed by atoms with Crippen LogP contribution in [0.1, 0.15) is 39.4 Å². The SMILES string of the molecule is COc1ccc(Cc2nnc(SCC(=O)c3ccc4c(c3)CCC4)o2)cc1. The average molecular weight is 380 g/mol. The molecule has 0 fully saturated rings. The van der Waals surface area contributed by atoms with Crippen molar-refractivity contribution in [2.75, 3.05) is 12.9 Å². The molecule has 138 valence electrons. The summed E-state index contributed by atoms with van der Waals surface area (Å²) in [5.41, 5.74) is 4.51. The van der Waals surface area contributed by atoms with Gasteiger partial charge in [-0.15, -0.1) is 10.2 Å². The highest BCUT2D eigenvalue weighted by molar-refractivity contribution is 7.99. The summed E-state index contributed by atoms with van der Waals surface area (Å²) < 4.78 is 10.8. The normalized spacial score (nSPS) is 12.8. The van der Waals surface area contributed by atoms with Crippen molar-refractivity contribution in [2.45, 2.75) is 30.9 Å². The summed E-state index contributed by atoms with van der Waals surface area (Å²) in [6.07, 6.45) is 3.93. The Kier molecular flexibility index (Phi) is 5.25. The first-order valence-electron chi connectivity index (χ1n) is 8.94. The number of methoxy groups -OCH3 is 1. The van der Waals surface area contributed by atoms with Crippen molar-refractivity contribution in [1.82, 2.24) is 10.2 Å². The number of aryl methyl sites for hydroxylation is 2. The van der Waals surface area contributed by atoms with Gasteiger partial charge in [-0.1, -0.05) is 36.0 Å². The van der Waals surface area contributed by atoms with E-state index in [0.717, 1.165) is 29.7 Å². The number of hydrogen-bond donors (Lipinski definition) is 0. The van der Waals surface area contributed by atoms with Crippen LogP contribution in [0.3, 0.4) is 0 Å². The second-order valence-electron chi connectivity index (χ2n) is 6.54. The van der Waals surface area contributed by atoms with Gasteiger partial charge in [0.1, 0.15) is 5.75 Å². The zero-order valence-electron chi connectivity index (χ0n) is 15.1. The molecular weight excluding hydrogens is 360 g/mol. The summed E-state index contributed by atoms with van der Waals surface area (Å²) in [5, 5.41) is 8.53. The number of fused-ring (bicyclic) bond motifs is 1. The van der Waals surface area contributed by atoms with Crippen molar-refractivity contribution < 1.29 is 13.9 Å². The molecule has 0 amide bonds. The molecule has 6 heteroatoms. The Labute approximate surface area is 162 Å². The van der Waals surface area contributed by atoms with Gasteiger partial charge in [0.05, 0.1) is 19.3 Å². The summed E-state index contributed by atoms with van der Waals surface area (Å²) >= 11 is 1.28. The molecule has 0 bridgehead atoms. The molecule has 0 saturated heterocycles. The number of nitrogens with zero attached hydrogens (tertiary/aromatic N) is 2. The van der Waals surface area contributed by atoms with Gasteiger partial charge < -0.3 is 9.15 Å². The molecule has 3 aromatic rings. The van der Waals surface area contributed by atoms with Crippen molar-refractivity contribution >= 4 is 17.5 Å². The maximum atomic E-state index is 12.5. The average Bonchev–Trinajstić information content (AvgIpc) is 3.35. The molecule has 0 saturated carbocycles. The number of carbonyl (C=O) groups is 1. The van der Waals surface area contributed by atoms with E-state index >= 15 is 0 Å². The van der Waals surface area contributed by atoms with Crippen LogP contribution >= 0.6 is 11.8 Å². The third kappa shape index (κ3) is 4.22. The molecule has 1 aromatic heterocycles. The van der Waals surface area contributed by atoms with Crippen LogP contribution in [0.25, 0.3) is 0 Å². The van der Waals surface area contributed by atoms with E-state index in [1.165, 1.54) is 29.3 Å². The zero-order valence-corrected chi connectivity index (χ0v) is 15.9. The highest BCUT2D eigenvalue weighted by atomic mass is 32.2. The summed E-state index contributed by atoms with van der Waals surface area (Å²) in [4.78, 5) is 12.5. The van der Waals surface area contributed by atoms with Crippen LogP contribution < -0.4 is 4.74 Å². The van der Waals surface area contributed by atoms with E-state index in [1.807, 2.05) is 36.4 Å². The quantitative estimate of drug-likeness (QED) is 0.453. The highest BCUT2D eigenvalue weighted by Gasteiger charge is 2.15. The second-order valence-corrected chi connectivity index (χ2v) is 7.46. The largest absolute Gasteiger partial charge is 0.497 e. The molecule has 4 rings (SSSR count). The predicted octanol–water partition coefficient (Wildman–Crippen LogP) is 4.13. The van der Waals surface area contributed by atoms with Crippen LogP contribution in [0, 0.1) is 0 Å². The lowest BCUT2D eigenvalue weighted by atomic mass is 10.0. The zero-order chi connectivity index (χ0) is 18.6. The molecule has 0 spiro atoms. The monoisotopic (exact) mass is 380 g/mol. The lowest BCUT2D eigenvalue weighted by Crippen LogP contribution is -2.03. The lowest BCUT2D eigenvalue weighted by molar-refractivity contribution is 0.102. The minimum atomic E-state index is 0.0876. The third-order valence-corrected chi connectivity index (χ3v) is 5.53. The van der Waals surface area contributed by atoms with E-state index in [4.69, 9.17) is 9.15 Å². The second kappa shape index (κ2) is 7.96. The van der Waals surface area contributed by atoms with Crippen molar-refractivity contribution in [1.29, 1.82) is 0 Å². The van der Waals surface area contributed by atoms with Crippen LogP contribution in [-0.4, -0.2) is 28.8 Å². The Balaban J connectivity index is 1.34. The van der Waals surface area contributed by atoms with Crippen molar-refractivity contribution in [2.24, 2.45) is 0 Å². The minimum Gasteiger partial charge on any atom is -0.497 e. The van der Waals surface area contributed by atoms with E-state index < -0.39 is 0 Å². The van der Waals surface area contributed by atoms with Gasteiger partial charge in [0, 0.05) is 5.56 Å². The number of thioether (sulfide) groups is 1. The van der Waals surface area contributed by atoms with Crippen LogP contribution in [0.2, 0.25) is 0 Å². The van der Waals surface area contributed by atoms with E-state index in [1.54, 1.807) is 7.11 Å². The molecule has 1 aliphatic carbocycles. The Morgan fingerprint density at radius 1 is 1.11 bits per heavy atom. The summed E-state index contributed by atoms with van der Waals surface area (Å²) in [5.74, 6) is 1.73. The molecule has 5 nitrogen and oxygen atoms in total. The first-order chi connectivity index (χ1) is 13.2. The topological polar surface area (TPSA) is 65.2 Å². The van der Waals surface area contributed by atoms with Gasteiger partial charge in [0.2, 0.25) is 5.89 Å². The highest BCUT2D eigenvalue weighted by Crippen LogP contribution is 2.25. The first kappa shape index (κ1) is 17.8. The molecule has 1 aliphatic rings. The maximum absolute atomic E-state index is 12.5. The van der Waals surface area contributed by atoms with Crippen molar-refractivity contribution in [3.05, 3.63) is 70.6 Å². The van der Waals surface area contributed by atoms with Crippen LogP contribution in [-0.2, 0) is 19.3 Å². The van der Waals surface area contributed by atoms with Gasteiger partial charge in [-0.25, -0.2) is 0 Å².